The maximum atomic E-state index is 4.29. The molecule has 0 aromatic carbocycles. The molecule has 0 amide bonds. The predicted molar refractivity (Wildman–Crippen MR) is 60.4 cm³/mol. The fourth-order valence-corrected chi connectivity index (χ4v) is 1.82. The Hall–Kier alpha value is -0.220. The van der Waals surface area contributed by atoms with Gasteiger partial charge >= 0.3 is 0 Å². The minimum absolute atomic E-state index is 0.243. The summed E-state index contributed by atoms with van der Waals surface area (Å²) < 4.78 is 0. The molecule has 0 saturated carbocycles. The third kappa shape index (κ3) is 4.00. The highest BCUT2D eigenvalue weighted by molar-refractivity contribution is 7.99. The van der Waals surface area contributed by atoms with Crippen LogP contribution in [0.1, 0.15) is 13.8 Å². The molecule has 0 N–H and O–H groups in total. The van der Waals surface area contributed by atoms with Crippen LogP contribution in [0.5, 0.6) is 0 Å². The summed E-state index contributed by atoms with van der Waals surface area (Å²) in [5.41, 5.74) is 0.243. The van der Waals surface area contributed by atoms with Gasteiger partial charge in [0.05, 0.1) is 0 Å². The molecule has 0 bridgehead atoms. The zero-order valence-corrected chi connectivity index (χ0v) is 9.61. The second kappa shape index (κ2) is 4.86. The monoisotopic (exact) mass is 214 g/mol. The molecule has 0 saturated heterocycles. The fourth-order valence-electron chi connectivity index (χ4n) is 0.666. The van der Waals surface area contributed by atoms with E-state index in [4.69, 9.17) is 0 Å². The second-order valence-electron chi connectivity index (χ2n) is 3.64. The van der Waals surface area contributed by atoms with E-state index in [2.05, 4.69) is 36.4 Å². The third-order valence-corrected chi connectivity index (χ3v) is 3.81. The molecule has 1 rings (SSSR count). The summed E-state index contributed by atoms with van der Waals surface area (Å²) >= 11 is 5.97. The number of hydrogen-bond donors (Lipinski definition) is 1. The molecule has 0 atom stereocenters. The molecule has 4 heteroatoms. The van der Waals surface area contributed by atoms with Crippen molar-refractivity contribution in [3.8, 4) is 0 Å². The molecule has 1 heterocycles. The van der Waals surface area contributed by atoms with Gasteiger partial charge in [-0.05, 0) is 17.2 Å². The van der Waals surface area contributed by atoms with E-state index in [9.17, 15) is 0 Å². The van der Waals surface area contributed by atoms with Crippen molar-refractivity contribution >= 4 is 24.4 Å². The number of hydrogen-bond acceptors (Lipinski definition) is 4. The summed E-state index contributed by atoms with van der Waals surface area (Å²) in [7, 11) is 0. The Kier molecular flexibility index (Phi) is 4.06. The minimum Gasteiger partial charge on any atom is -0.231 e. The largest absolute Gasteiger partial charge is 0.231 e. The Morgan fingerprint density at radius 2 is 2.00 bits per heavy atom. The lowest BCUT2D eigenvalue weighted by molar-refractivity contribution is 0.493. The summed E-state index contributed by atoms with van der Waals surface area (Å²) in [5, 5.41) is 0.845. The lowest BCUT2D eigenvalue weighted by Crippen LogP contribution is -2.16. The summed E-state index contributed by atoms with van der Waals surface area (Å²) in [6.07, 6.45) is 3.53. The van der Waals surface area contributed by atoms with Gasteiger partial charge in [0.25, 0.3) is 0 Å². The molecule has 72 valence electrons. The second-order valence-corrected chi connectivity index (χ2v) is 4.90. The van der Waals surface area contributed by atoms with Gasteiger partial charge in [-0.1, -0.05) is 25.6 Å². The van der Waals surface area contributed by atoms with Crippen LogP contribution in [0.4, 0.5) is 0 Å². The summed E-state index contributed by atoms with van der Waals surface area (Å²) in [6.45, 7) is 4.38. The zero-order chi connectivity index (χ0) is 9.73. The highest BCUT2D eigenvalue weighted by Gasteiger charge is 2.16. The summed E-state index contributed by atoms with van der Waals surface area (Å²) in [5.74, 6) is 1.88. The standard InChI is InChI=1S/C9H14N2S2/c1-9(2,6-12)7-13-8-10-4-3-5-11-8/h3-5,12H,6-7H2,1-2H3. The van der Waals surface area contributed by atoms with Gasteiger partial charge in [0.2, 0.25) is 0 Å². The Bertz CT molecular complexity index is 249. The highest BCUT2D eigenvalue weighted by Crippen LogP contribution is 2.25. The molecular weight excluding hydrogens is 200 g/mol. The van der Waals surface area contributed by atoms with Crippen LogP contribution in [0.15, 0.2) is 23.6 Å². The maximum Gasteiger partial charge on any atom is 0.187 e. The van der Waals surface area contributed by atoms with Gasteiger partial charge in [-0.25, -0.2) is 9.97 Å². The van der Waals surface area contributed by atoms with Crippen LogP contribution < -0.4 is 0 Å². The topological polar surface area (TPSA) is 25.8 Å². The van der Waals surface area contributed by atoms with E-state index in [1.807, 2.05) is 6.07 Å². The van der Waals surface area contributed by atoms with E-state index < -0.39 is 0 Å². The van der Waals surface area contributed by atoms with Crippen molar-refractivity contribution in [3.63, 3.8) is 0 Å². The first-order chi connectivity index (χ1) is 6.14. The quantitative estimate of drug-likeness (QED) is 0.474. The van der Waals surface area contributed by atoms with E-state index >= 15 is 0 Å². The van der Waals surface area contributed by atoms with Crippen molar-refractivity contribution < 1.29 is 0 Å². The number of rotatable bonds is 4. The normalized spacial score (nSPS) is 11.6. The Labute approximate surface area is 89.0 Å². The Balaban J connectivity index is 2.44. The van der Waals surface area contributed by atoms with Crippen molar-refractivity contribution in [1.82, 2.24) is 9.97 Å². The van der Waals surface area contributed by atoms with Gasteiger partial charge in [-0.15, -0.1) is 0 Å². The summed E-state index contributed by atoms with van der Waals surface area (Å²) in [4.78, 5) is 8.29. The van der Waals surface area contributed by atoms with Crippen LogP contribution in [0.3, 0.4) is 0 Å². The molecule has 0 aliphatic heterocycles. The first-order valence-corrected chi connectivity index (χ1v) is 5.76. The van der Waals surface area contributed by atoms with Gasteiger partial charge in [-0.2, -0.15) is 12.6 Å². The Morgan fingerprint density at radius 1 is 1.38 bits per heavy atom. The zero-order valence-electron chi connectivity index (χ0n) is 7.90. The van der Waals surface area contributed by atoms with E-state index in [-0.39, 0.29) is 5.41 Å². The van der Waals surface area contributed by atoms with Crippen molar-refractivity contribution in [2.75, 3.05) is 11.5 Å². The van der Waals surface area contributed by atoms with Crippen LogP contribution in [-0.2, 0) is 0 Å². The van der Waals surface area contributed by atoms with Crippen LogP contribution in [-0.4, -0.2) is 21.5 Å². The SMILES string of the molecule is CC(C)(CS)CSc1ncccn1. The van der Waals surface area contributed by atoms with E-state index in [0.29, 0.717) is 0 Å². The van der Waals surface area contributed by atoms with Crippen molar-refractivity contribution in [3.05, 3.63) is 18.5 Å². The predicted octanol–water partition coefficient (Wildman–Crippen LogP) is 2.52. The van der Waals surface area contributed by atoms with Crippen molar-refractivity contribution in [2.24, 2.45) is 5.41 Å². The molecule has 1 aromatic heterocycles. The lowest BCUT2D eigenvalue weighted by Gasteiger charge is -2.20. The molecule has 0 spiro atoms. The van der Waals surface area contributed by atoms with Gasteiger partial charge in [0.1, 0.15) is 0 Å². The molecule has 0 aliphatic rings. The van der Waals surface area contributed by atoms with Crippen molar-refractivity contribution in [2.45, 2.75) is 19.0 Å². The van der Waals surface area contributed by atoms with E-state index in [1.165, 1.54) is 0 Å². The van der Waals surface area contributed by atoms with Gasteiger partial charge in [-0.3, -0.25) is 0 Å². The molecule has 2 nitrogen and oxygen atoms in total. The van der Waals surface area contributed by atoms with Crippen molar-refractivity contribution in [1.29, 1.82) is 0 Å². The molecule has 1 aromatic rings. The van der Waals surface area contributed by atoms with Crippen LogP contribution in [0.2, 0.25) is 0 Å². The molecule has 0 unspecified atom stereocenters. The van der Waals surface area contributed by atoms with Crippen LogP contribution in [0.25, 0.3) is 0 Å². The summed E-state index contributed by atoms with van der Waals surface area (Å²) in [6, 6.07) is 1.83. The third-order valence-electron chi connectivity index (χ3n) is 1.56. The van der Waals surface area contributed by atoms with Gasteiger partial charge < -0.3 is 0 Å². The van der Waals surface area contributed by atoms with Gasteiger partial charge in [0.15, 0.2) is 5.16 Å². The highest BCUT2D eigenvalue weighted by atomic mass is 32.2. The molecule has 0 radical (unpaired) electrons. The smallest absolute Gasteiger partial charge is 0.187 e. The first-order valence-electron chi connectivity index (χ1n) is 4.15. The average molecular weight is 214 g/mol. The molecule has 0 aliphatic carbocycles. The molecule has 0 fully saturated rings. The minimum atomic E-state index is 0.243. The lowest BCUT2D eigenvalue weighted by atomic mass is 10.0. The van der Waals surface area contributed by atoms with E-state index in [1.54, 1.807) is 24.2 Å². The number of aromatic nitrogens is 2. The van der Waals surface area contributed by atoms with Crippen LogP contribution >= 0.6 is 24.4 Å². The van der Waals surface area contributed by atoms with Crippen LogP contribution in [0, 0.1) is 5.41 Å². The average Bonchev–Trinajstić information content (AvgIpc) is 2.17. The first kappa shape index (κ1) is 10.9. The van der Waals surface area contributed by atoms with E-state index in [0.717, 1.165) is 16.7 Å². The Morgan fingerprint density at radius 3 is 2.54 bits per heavy atom. The fraction of sp³-hybridized carbons (Fsp3) is 0.556. The molecular formula is C9H14N2S2. The number of nitrogens with zero attached hydrogens (tertiary/aromatic N) is 2. The van der Waals surface area contributed by atoms with Gasteiger partial charge in [0, 0.05) is 18.1 Å². The molecule has 13 heavy (non-hydrogen) atoms. The maximum absolute atomic E-state index is 4.29. The number of thioether (sulfide) groups is 1. The number of thiol groups is 1.